The third-order valence-electron chi connectivity index (χ3n) is 13.9. The van der Waals surface area contributed by atoms with Gasteiger partial charge in [0.15, 0.2) is 6.10 Å². The average Bonchev–Trinajstić information content (AvgIpc) is 3.45. The fourth-order valence-corrected chi connectivity index (χ4v) is 9.03. The van der Waals surface area contributed by atoms with E-state index in [0.717, 1.165) is 154 Å². The molecule has 0 fully saturated rings. The van der Waals surface area contributed by atoms with Gasteiger partial charge in [-0.15, -0.1) is 0 Å². The van der Waals surface area contributed by atoms with Crippen molar-refractivity contribution in [2.24, 2.45) is 0 Å². The molecular weight excluding hydrogens is 973 g/mol. The molecule has 0 saturated carbocycles. The molecule has 79 heavy (non-hydrogen) atoms. The van der Waals surface area contributed by atoms with Crippen LogP contribution in [0.4, 0.5) is 0 Å². The minimum absolute atomic E-state index is 0.0895. The van der Waals surface area contributed by atoms with Crippen molar-refractivity contribution in [3.8, 4) is 0 Å². The monoisotopic (exact) mass is 1090 g/mol. The molecule has 0 amide bonds. The molecule has 0 aromatic heterocycles. The molecule has 0 saturated heterocycles. The van der Waals surface area contributed by atoms with Gasteiger partial charge in [0.05, 0.1) is 0 Å². The first kappa shape index (κ1) is 74.8. The van der Waals surface area contributed by atoms with Gasteiger partial charge in [0, 0.05) is 19.3 Å². The van der Waals surface area contributed by atoms with Crippen LogP contribution in [0.25, 0.3) is 0 Å². The Balaban J connectivity index is 4.32. The zero-order chi connectivity index (χ0) is 57.1. The molecule has 6 nitrogen and oxygen atoms in total. The first-order valence-corrected chi connectivity index (χ1v) is 33.0. The Morgan fingerprint density at radius 3 is 0.823 bits per heavy atom. The van der Waals surface area contributed by atoms with E-state index in [9.17, 15) is 14.4 Å². The Kier molecular flexibility index (Phi) is 62.8. The van der Waals surface area contributed by atoms with Gasteiger partial charge in [-0.3, -0.25) is 14.4 Å². The standard InChI is InChI=1S/C73H122O6/c1-4-7-10-13-16-19-22-25-27-29-30-31-32-33-34-35-36-37-38-39-40-41-42-44-45-48-51-54-57-60-63-66-72(75)78-69-70(68-77-71(74)65-62-59-56-53-50-47-24-21-18-15-12-9-6-3)79-73(76)67-64-61-58-55-52-49-46-43-28-26-23-20-17-14-11-8-5-2/h7,10,12,15-16,19,21,24-25,27,30-31,33-34,36-37,39-40,42,44,70H,4-6,8-9,11,13-14,17-18,20,22-23,26,28-29,32,35,38,41,43,45-69H2,1-3H3/b10-7-,15-12-,19-16-,24-21-,27-25-,31-30-,34-33-,37-36-,40-39-,44-42-. The summed E-state index contributed by atoms with van der Waals surface area (Å²) in [6.07, 6.45) is 92.1. The molecule has 1 unspecified atom stereocenters. The molecular formula is C73H122O6. The molecule has 0 radical (unpaired) electrons. The molecule has 450 valence electrons. The maximum absolute atomic E-state index is 12.9. The second kappa shape index (κ2) is 66.3. The van der Waals surface area contributed by atoms with Crippen LogP contribution >= 0.6 is 0 Å². The molecule has 0 rings (SSSR count). The summed E-state index contributed by atoms with van der Waals surface area (Å²) in [5.41, 5.74) is 0. The van der Waals surface area contributed by atoms with Crippen molar-refractivity contribution in [2.75, 3.05) is 13.2 Å². The average molecular weight is 1100 g/mol. The van der Waals surface area contributed by atoms with Crippen molar-refractivity contribution in [3.63, 3.8) is 0 Å². The highest BCUT2D eigenvalue weighted by molar-refractivity contribution is 5.71. The molecule has 0 heterocycles. The van der Waals surface area contributed by atoms with E-state index in [1.807, 2.05) is 0 Å². The van der Waals surface area contributed by atoms with Crippen LogP contribution in [0.15, 0.2) is 122 Å². The molecule has 1 atom stereocenters. The number of hydrogen-bond acceptors (Lipinski definition) is 6. The lowest BCUT2D eigenvalue weighted by atomic mass is 10.0. The van der Waals surface area contributed by atoms with Crippen molar-refractivity contribution in [1.82, 2.24) is 0 Å². The maximum Gasteiger partial charge on any atom is 0.306 e. The second-order valence-electron chi connectivity index (χ2n) is 21.6. The van der Waals surface area contributed by atoms with Crippen LogP contribution in [-0.2, 0) is 28.6 Å². The molecule has 0 aliphatic rings. The molecule has 0 aliphatic heterocycles. The Morgan fingerprint density at radius 1 is 0.266 bits per heavy atom. The van der Waals surface area contributed by atoms with Crippen LogP contribution < -0.4 is 0 Å². The summed E-state index contributed by atoms with van der Waals surface area (Å²) in [5, 5.41) is 0. The smallest absolute Gasteiger partial charge is 0.306 e. The fraction of sp³-hybridized carbons (Fsp3) is 0.685. The van der Waals surface area contributed by atoms with E-state index in [0.29, 0.717) is 19.3 Å². The number of esters is 3. The van der Waals surface area contributed by atoms with E-state index < -0.39 is 6.10 Å². The van der Waals surface area contributed by atoms with Crippen LogP contribution in [0.1, 0.15) is 303 Å². The molecule has 0 bridgehead atoms. The highest BCUT2D eigenvalue weighted by Crippen LogP contribution is 2.16. The number of carbonyl (C=O) groups is 3. The van der Waals surface area contributed by atoms with Crippen LogP contribution in [0.5, 0.6) is 0 Å². The lowest BCUT2D eigenvalue weighted by Crippen LogP contribution is -2.30. The Labute approximate surface area is 488 Å². The van der Waals surface area contributed by atoms with Crippen LogP contribution in [0.2, 0.25) is 0 Å². The van der Waals surface area contributed by atoms with Crippen molar-refractivity contribution >= 4 is 17.9 Å². The summed E-state index contributed by atoms with van der Waals surface area (Å²) in [6.45, 7) is 6.46. The van der Waals surface area contributed by atoms with Gasteiger partial charge in [-0.1, -0.05) is 296 Å². The zero-order valence-corrected chi connectivity index (χ0v) is 51.6. The SMILES string of the molecule is CC/C=C\C/C=C\C/C=C\C/C=C\C/C=C\C/C=C\C/C=C\C/C=C\CCCCCCCCC(=O)OCC(COC(=O)CCCCCCC/C=C\C/C=C\CCC)OC(=O)CCCCCCCCCCCCCCCCCCC. The minimum atomic E-state index is -0.792. The third-order valence-corrected chi connectivity index (χ3v) is 13.9. The van der Waals surface area contributed by atoms with E-state index in [2.05, 4.69) is 142 Å². The number of ether oxygens (including phenoxy) is 3. The van der Waals surface area contributed by atoms with Gasteiger partial charge in [-0.25, -0.2) is 0 Å². The van der Waals surface area contributed by atoms with E-state index in [1.54, 1.807) is 0 Å². The summed E-state index contributed by atoms with van der Waals surface area (Å²) in [4.78, 5) is 38.3. The number of unbranched alkanes of at least 4 members (excludes halogenated alkanes) is 28. The van der Waals surface area contributed by atoms with Crippen LogP contribution in [0.3, 0.4) is 0 Å². The first-order chi connectivity index (χ1) is 39.0. The van der Waals surface area contributed by atoms with Crippen molar-refractivity contribution in [1.29, 1.82) is 0 Å². The van der Waals surface area contributed by atoms with E-state index in [4.69, 9.17) is 14.2 Å². The highest BCUT2D eigenvalue weighted by atomic mass is 16.6. The number of carbonyl (C=O) groups excluding carboxylic acids is 3. The quantitative estimate of drug-likeness (QED) is 0.0261. The van der Waals surface area contributed by atoms with Crippen LogP contribution in [0, 0.1) is 0 Å². The first-order valence-electron chi connectivity index (χ1n) is 33.0. The molecule has 0 aromatic carbocycles. The summed E-state index contributed by atoms with van der Waals surface area (Å²) < 4.78 is 16.9. The lowest BCUT2D eigenvalue weighted by molar-refractivity contribution is -0.167. The van der Waals surface area contributed by atoms with Gasteiger partial charge < -0.3 is 14.2 Å². The van der Waals surface area contributed by atoms with Crippen molar-refractivity contribution < 1.29 is 28.6 Å². The normalized spacial score (nSPS) is 12.9. The Hall–Kier alpha value is -4.19. The molecule has 0 aromatic rings. The van der Waals surface area contributed by atoms with E-state index in [1.165, 1.54) is 109 Å². The Bertz CT molecular complexity index is 1640. The third kappa shape index (κ3) is 64.5. The second-order valence-corrected chi connectivity index (χ2v) is 21.6. The largest absolute Gasteiger partial charge is 0.462 e. The minimum Gasteiger partial charge on any atom is -0.462 e. The molecule has 6 heteroatoms. The van der Waals surface area contributed by atoms with E-state index >= 15 is 0 Å². The van der Waals surface area contributed by atoms with E-state index in [-0.39, 0.29) is 31.1 Å². The highest BCUT2D eigenvalue weighted by Gasteiger charge is 2.19. The topological polar surface area (TPSA) is 78.9 Å². The fourth-order valence-electron chi connectivity index (χ4n) is 9.03. The van der Waals surface area contributed by atoms with Gasteiger partial charge in [0.1, 0.15) is 13.2 Å². The van der Waals surface area contributed by atoms with Gasteiger partial charge in [-0.05, 0) is 109 Å². The van der Waals surface area contributed by atoms with Gasteiger partial charge in [0.2, 0.25) is 0 Å². The summed E-state index contributed by atoms with van der Waals surface area (Å²) in [5.74, 6) is -0.909. The zero-order valence-electron chi connectivity index (χ0n) is 51.6. The number of rotatable bonds is 59. The van der Waals surface area contributed by atoms with Crippen molar-refractivity contribution in [2.45, 2.75) is 309 Å². The van der Waals surface area contributed by atoms with Crippen LogP contribution in [-0.4, -0.2) is 37.2 Å². The van der Waals surface area contributed by atoms with Gasteiger partial charge in [0.25, 0.3) is 0 Å². The summed E-state index contributed by atoms with van der Waals surface area (Å²) in [7, 11) is 0. The molecule has 0 spiro atoms. The van der Waals surface area contributed by atoms with Gasteiger partial charge >= 0.3 is 17.9 Å². The number of allylic oxidation sites excluding steroid dienone is 20. The molecule has 0 N–H and O–H groups in total. The van der Waals surface area contributed by atoms with Crippen molar-refractivity contribution in [3.05, 3.63) is 122 Å². The Morgan fingerprint density at radius 2 is 0.519 bits per heavy atom. The summed E-state index contributed by atoms with van der Waals surface area (Å²) in [6, 6.07) is 0. The lowest BCUT2D eigenvalue weighted by Gasteiger charge is -2.18. The predicted octanol–water partition coefficient (Wildman–Crippen LogP) is 22.8. The maximum atomic E-state index is 12.9. The summed E-state index contributed by atoms with van der Waals surface area (Å²) >= 11 is 0. The number of hydrogen-bond donors (Lipinski definition) is 0. The predicted molar refractivity (Wildman–Crippen MR) is 343 cm³/mol. The van der Waals surface area contributed by atoms with Gasteiger partial charge in [-0.2, -0.15) is 0 Å². The molecule has 0 aliphatic carbocycles.